The predicted octanol–water partition coefficient (Wildman–Crippen LogP) is 1.10. The maximum absolute atomic E-state index is 6.18. The molecule has 2 heterocycles. The van der Waals surface area contributed by atoms with Gasteiger partial charge in [-0.25, -0.2) is 4.98 Å². The van der Waals surface area contributed by atoms with Crippen LogP contribution in [0.3, 0.4) is 0 Å². The highest BCUT2D eigenvalue weighted by Gasteiger charge is 2.24. The number of rotatable bonds is 2. The van der Waals surface area contributed by atoms with Gasteiger partial charge in [0.05, 0.1) is 18.8 Å². The summed E-state index contributed by atoms with van der Waals surface area (Å²) in [6.45, 7) is 2.75. The van der Waals surface area contributed by atoms with E-state index >= 15 is 0 Å². The standard InChI is InChI=1S/C11H17N3OS/c1-7-4-8(11(13)14-5-7)10(12)9-6-16-3-2-15-9/h4-5,9-10H,2-3,6,12H2,1H3,(H2,13,14). The zero-order valence-electron chi connectivity index (χ0n) is 9.35. The normalized spacial score (nSPS) is 23.0. The monoisotopic (exact) mass is 239 g/mol. The molecule has 1 fully saturated rings. The summed E-state index contributed by atoms with van der Waals surface area (Å²) < 4.78 is 5.66. The molecule has 1 aromatic heterocycles. The molecule has 1 aromatic rings. The second-order valence-corrected chi connectivity index (χ2v) is 5.15. The molecule has 0 aliphatic carbocycles. The van der Waals surface area contributed by atoms with E-state index in [4.69, 9.17) is 16.2 Å². The lowest BCUT2D eigenvalue weighted by molar-refractivity contribution is 0.0570. The Morgan fingerprint density at radius 1 is 1.62 bits per heavy atom. The number of ether oxygens (including phenoxy) is 1. The minimum atomic E-state index is -0.180. The number of pyridine rings is 1. The number of thioether (sulfide) groups is 1. The molecule has 0 radical (unpaired) electrons. The van der Waals surface area contributed by atoms with Crippen molar-refractivity contribution in [3.8, 4) is 0 Å². The number of nitrogens with two attached hydrogens (primary N) is 2. The Labute approximate surface area is 99.8 Å². The van der Waals surface area contributed by atoms with Crippen molar-refractivity contribution < 1.29 is 4.74 Å². The van der Waals surface area contributed by atoms with Crippen LogP contribution in [0.5, 0.6) is 0 Å². The van der Waals surface area contributed by atoms with Gasteiger partial charge in [0.15, 0.2) is 0 Å². The third-order valence-electron chi connectivity index (χ3n) is 2.69. The summed E-state index contributed by atoms with van der Waals surface area (Å²) in [5.74, 6) is 2.48. The molecule has 1 saturated heterocycles. The van der Waals surface area contributed by atoms with Crippen LogP contribution in [0.25, 0.3) is 0 Å². The fraction of sp³-hybridized carbons (Fsp3) is 0.545. The molecule has 88 valence electrons. The minimum Gasteiger partial charge on any atom is -0.383 e. The molecule has 4 nitrogen and oxygen atoms in total. The lowest BCUT2D eigenvalue weighted by Crippen LogP contribution is -2.35. The van der Waals surface area contributed by atoms with Crippen LogP contribution in [-0.2, 0) is 4.74 Å². The van der Waals surface area contributed by atoms with Crippen LogP contribution < -0.4 is 11.5 Å². The van der Waals surface area contributed by atoms with Gasteiger partial charge in [-0.2, -0.15) is 11.8 Å². The van der Waals surface area contributed by atoms with Gasteiger partial charge < -0.3 is 16.2 Å². The SMILES string of the molecule is Cc1cnc(N)c(C(N)C2CSCCO2)c1. The van der Waals surface area contributed by atoms with Gasteiger partial charge >= 0.3 is 0 Å². The number of nitrogen functional groups attached to an aromatic ring is 1. The number of hydrogen-bond donors (Lipinski definition) is 2. The Balaban J connectivity index is 2.18. The summed E-state index contributed by atoms with van der Waals surface area (Å²) in [7, 11) is 0. The summed E-state index contributed by atoms with van der Waals surface area (Å²) in [5, 5.41) is 0. The Morgan fingerprint density at radius 3 is 3.12 bits per heavy atom. The number of aromatic nitrogens is 1. The van der Waals surface area contributed by atoms with E-state index in [2.05, 4.69) is 4.98 Å². The number of nitrogens with zero attached hydrogens (tertiary/aromatic N) is 1. The highest BCUT2D eigenvalue weighted by Crippen LogP contribution is 2.26. The molecular formula is C11H17N3OS. The van der Waals surface area contributed by atoms with Crippen LogP contribution in [-0.4, -0.2) is 29.2 Å². The zero-order valence-corrected chi connectivity index (χ0v) is 10.2. The van der Waals surface area contributed by atoms with Gasteiger partial charge in [0.25, 0.3) is 0 Å². The quantitative estimate of drug-likeness (QED) is 0.808. The minimum absolute atomic E-state index is 0.0460. The molecule has 2 rings (SSSR count). The fourth-order valence-corrected chi connectivity index (χ4v) is 2.70. The van der Waals surface area contributed by atoms with E-state index in [-0.39, 0.29) is 12.1 Å². The average Bonchev–Trinajstić information content (AvgIpc) is 2.32. The van der Waals surface area contributed by atoms with Crippen LogP contribution in [0, 0.1) is 6.92 Å². The molecule has 2 atom stereocenters. The maximum atomic E-state index is 6.18. The van der Waals surface area contributed by atoms with Gasteiger partial charge in [0, 0.05) is 23.3 Å². The molecule has 1 aliphatic rings. The average molecular weight is 239 g/mol. The van der Waals surface area contributed by atoms with Crippen molar-refractivity contribution in [3.63, 3.8) is 0 Å². The molecule has 5 heteroatoms. The van der Waals surface area contributed by atoms with Crippen molar-refractivity contribution >= 4 is 17.6 Å². The van der Waals surface area contributed by atoms with E-state index in [1.54, 1.807) is 6.20 Å². The van der Waals surface area contributed by atoms with Gasteiger partial charge in [-0.15, -0.1) is 0 Å². The molecule has 4 N–H and O–H groups in total. The summed E-state index contributed by atoms with van der Waals surface area (Å²) in [4.78, 5) is 4.13. The smallest absolute Gasteiger partial charge is 0.128 e. The molecule has 1 aliphatic heterocycles. The molecule has 0 spiro atoms. The van der Waals surface area contributed by atoms with Crippen LogP contribution in [0.15, 0.2) is 12.3 Å². The van der Waals surface area contributed by atoms with Crippen molar-refractivity contribution in [1.29, 1.82) is 0 Å². The lowest BCUT2D eigenvalue weighted by Gasteiger charge is -2.28. The van der Waals surface area contributed by atoms with Gasteiger partial charge in [-0.1, -0.05) is 0 Å². The predicted molar refractivity (Wildman–Crippen MR) is 67.4 cm³/mol. The van der Waals surface area contributed by atoms with Gasteiger partial charge in [0.2, 0.25) is 0 Å². The van der Waals surface area contributed by atoms with Crippen LogP contribution >= 0.6 is 11.8 Å². The first-order valence-corrected chi connectivity index (χ1v) is 6.51. The van der Waals surface area contributed by atoms with Gasteiger partial charge in [-0.05, 0) is 18.6 Å². The van der Waals surface area contributed by atoms with Gasteiger partial charge in [-0.3, -0.25) is 0 Å². The second kappa shape index (κ2) is 5.03. The highest BCUT2D eigenvalue weighted by molar-refractivity contribution is 7.99. The maximum Gasteiger partial charge on any atom is 0.128 e. The summed E-state index contributed by atoms with van der Waals surface area (Å²) >= 11 is 1.87. The molecule has 0 bridgehead atoms. The second-order valence-electron chi connectivity index (χ2n) is 4.00. The van der Waals surface area contributed by atoms with Crippen molar-refractivity contribution in [3.05, 3.63) is 23.4 Å². The fourth-order valence-electron chi connectivity index (χ4n) is 1.78. The lowest BCUT2D eigenvalue weighted by atomic mass is 10.0. The van der Waals surface area contributed by atoms with Crippen LogP contribution in [0.2, 0.25) is 0 Å². The molecule has 2 unspecified atom stereocenters. The summed E-state index contributed by atoms with van der Waals surface area (Å²) in [6.07, 6.45) is 1.80. The van der Waals surface area contributed by atoms with Crippen molar-refractivity contribution in [2.24, 2.45) is 5.73 Å². The first kappa shape index (κ1) is 11.7. The van der Waals surface area contributed by atoms with Crippen LogP contribution in [0.1, 0.15) is 17.2 Å². The third-order valence-corrected chi connectivity index (χ3v) is 3.71. The van der Waals surface area contributed by atoms with Crippen molar-refractivity contribution in [2.75, 3.05) is 23.8 Å². The van der Waals surface area contributed by atoms with Crippen molar-refractivity contribution in [2.45, 2.75) is 19.1 Å². The highest BCUT2D eigenvalue weighted by atomic mass is 32.2. The van der Waals surface area contributed by atoms with E-state index in [1.165, 1.54) is 0 Å². The van der Waals surface area contributed by atoms with E-state index in [9.17, 15) is 0 Å². The topological polar surface area (TPSA) is 74.2 Å². The first-order chi connectivity index (χ1) is 7.68. The Morgan fingerprint density at radius 2 is 2.44 bits per heavy atom. The largest absolute Gasteiger partial charge is 0.383 e. The van der Waals surface area contributed by atoms with E-state index in [1.807, 2.05) is 24.8 Å². The van der Waals surface area contributed by atoms with E-state index in [0.29, 0.717) is 5.82 Å². The summed E-state index contributed by atoms with van der Waals surface area (Å²) in [6, 6.07) is 1.82. The molecular weight excluding hydrogens is 222 g/mol. The molecule has 0 saturated carbocycles. The van der Waals surface area contributed by atoms with E-state index < -0.39 is 0 Å². The third kappa shape index (κ3) is 2.48. The molecule has 0 amide bonds. The summed E-state index contributed by atoms with van der Waals surface area (Å²) in [5.41, 5.74) is 14.0. The first-order valence-electron chi connectivity index (χ1n) is 5.35. The number of anilines is 1. The zero-order chi connectivity index (χ0) is 11.5. The Hall–Kier alpha value is -0.780. The number of hydrogen-bond acceptors (Lipinski definition) is 5. The van der Waals surface area contributed by atoms with Gasteiger partial charge in [0.1, 0.15) is 5.82 Å². The molecule has 0 aromatic carbocycles. The van der Waals surface area contributed by atoms with Crippen molar-refractivity contribution in [1.82, 2.24) is 4.98 Å². The van der Waals surface area contributed by atoms with E-state index in [0.717, 1.165) is 29.2 Å². The number of aryl methyl sites for hydroxylation is 1. The van der Waals surface area contributed by atoms with Crippen LogP contribution in [0.4, 0.5) is 5.82 Å². The Kier molecular flexibility index (Phi) is 3.68. The molecule has 16 heavy (non-hydrogen) atoms. The Bertz CT molecular complexity index is 366.